The predicted molar refractivity (Wildman–Crippen MR) is 135 cm³/mol. The van der Waals surface area contributed by atoms with E-state index in [0.29, 0.717) is 22.3 Å². The quantitative estimate of drug-likeness (QED) is 0.278. The van der Waals surface area contributed by atoms with E-state index in [1.807, 2.05) is 0 Å². The average molecular weight is 533 g/mol. The van der Waals surface area contributed by atoms with E-state index in [-0.39, 0.29) is 33.4 Å². The van der Waals surface area contributed by atoms with Crippen molar-refractivity contribution in [2.45, 2.75) is 19.3 Å². The number of aryl methyl sites for hydroxylation is 1. The molecule has 0 unspecified atom stereocenters. The zero-order chi connectivity index (χ0) is 26.8. The molecule has 190 valence electrons. The molecular weight excluding hydrogens is 514 g/mol. The summed E-state index contributed by atoms with van der Waals surface area (Å²) in [7, 11) is 2.99. The highest BCUT2D eigenvalue weighted by Crippen LogP contribution is 2.37. The van der Waals surface area contributed by atoms with E-state index >= 15 is 0 Å². The molecule has 0 aliphatic heterocycles. The number of nitrogens with zero attached hydrogens (tertiary/aromatic N) is 7. The van der Waals surface area contributed by atoms with Crippen molar-refractivity contribution in [3.05, 3.63) is 58.3 Å². The Kier molecular flexibility index (Phi) is 6.77. The molecule has 38 heavy (non-hydrogen) atoms. The molecule has 5 rings (SSSR count). The molecule has 0 radical (unpaired) electrons. The lowest BCUT2D eigenvalue weighted by atomic mass is 9.98. The van der Waals surface area contributed by atoms with Crippen LogP contribution in [0.25, 0.3) is 27.4 Å². The van der Waals surface area contributed by atoms with E-state index < -0.39 is 18.0 Å². The normalized spacial score (nSPS) is 12.5. The smallest absolute Gasteiger partial charge is 0.280 e. The lowest BCUT2D eigenvalue weighted by molar-refractivity contribution is 0.102. The number of pyridine rings is 2. The van der Waals surface area contributed by atoms with Gasteiger partial charge in [0.15, 0.2) is 5.01 Å². The van der Waals surface area contributed by atoms with Crippen LogP contribution in [-0.4, -0.2) is 43.0 Å². The number of halogens is 2. The van der Waals surface area contributed by atoms with Crippen molar-refractivity contribution in [1.29, 1.82) is 0 Å². The average Bonchev–Trinajstić information content (AvgIpc) is 3.53. The van der Waals surface area contributed by atoms with Gasteiger partial charge in [0.2, 0.25) is 5.13 Å². The summed E-state index contributed by atoms with van der Waals surface area (Å²) in [6.07, 6.45) is 1.79. The first-order valence-electron chi connectivity index (χ1n) is 11.3. The minimum absolute atomic E-state index is 0.0700. The summed E-state index contributed by atoms with van der Waals surface area (Å²) >= 11 is 1.13. The first-order valence-corrected chi connectivity index (χ1v) is 12.1. The summed E-state index contributed by atoms with van der Waals surface area (Å²) in [6.45, 7) is 7.28. The van der Waals surface area contributed by atoms with Gasteiger partial charge in [0.25, 0.3) is 18.2 Å². The third kappa shape index (κ3) is 5.19. The van der Waals surface area contributed by atoms with E-state index in [4.69, 9.17) is 11.3 Å². The molecule has 4 heterocycles. The molecule has 4 aromatic heterocycles. The minimum Gasteiger partial charge on any atom is -0.494 e. The minimum atomic E-state index is -2.84. The second-order valence-corrected chi connectivity index (χ2v) is 9.24. The number of amides is 1. The summed E-state index contributed by atoms with van der Waals surface area (Å²) in [4.78, 5) is 24.9. The summed E-state index contributed by atoms with van der Waals surface area (Å²) in [5.41, 5.74) is 0.746. The maximum atomic E-state index is 13.5. The maximum Gasteiger partial charge on any atom is 0.280 e. The van der Waals surface area contributed by atoms with Crippen LogP contribution < -0.4 is 10.1 Å². The largest absolute Gasteiger partial charge is 0.494 e. The Hall–Kier alpha value is -4.75. The van der Waals surface area contributed by atoms with E-state index in [1.165, 1.54) is 36.3 Å². The lowest BCUT2D eigenvalue weighted by Crippen LogP contribution is -2.14. The van der Waals surface area contributed by atoms with Gasteiger partial charge in [-0.05, 0) is 37.0 Å². The molecule has 10 nitrogen and oxygen atoms in total. The second kappa shape index (κ2) is 10.3. The first kappa shape index (κ1) is 24.9. The van der Waals surface area contributed by atoms with Crippen molar-refractivity contribution in [2.24, 2.45) is 13.0 Å². The molecule has 0 bridgehead atoms. The van der Waals surface area contributed by atoms with Crippen LogP contribution in [-0.2, 0) is 7.05 Å². The number of hydrogen-bond donors (Lipinski definition) is 1. The molecule has 1 fully saturated rings. The summed E-state index contributed by atoms with van der Waals surface area (Å²) < 4.78 is 33.8. The molecule has 4 aromatic rings. The van der Waals surface area contributed by atoms with Crippen LogP contribution in [0.5, 0.6) is 5.75 Å². The van der Waals surface area contributed by atoms with Crippen molar-refractivity contribution in [1.82, 2.24) is 29.9 Å². The molecular formula is C25H18F2N8O2S. The number of ether oxygens (including phenoxy) is 1. The van der Waals surface area contributed by atoms with Crippen LogP contribution in [0.2, 0.25) is 0 Å². The zero-order valence-corrected chi connectivity index (χ0v) is 20.9. The molecule has 13 heteroatoms. The number of nitrogens with one attached hydrogen (secondary N) is 1. The Morgan fingerprint density at radius 1 is 1.21 bits per heavy atom. The molecule has 0 atom stereocenters. The van der Waals surface area contributed by atoms with Gasteiger partial charge in [-0.1, -0.05) is 28.9 Å². The Morgan fingerprint density at radius 2 is 2.03 bits per heavy atom. The van der Waals surface area contributed by atoms with Crippen LogP contribution in [0.3, 0.4) is 0 Å². The van der Waals surface area contributed by atoms with Gasteiger partial charge < -0.3 is 9.58 Å². The van der Waals surface area contributed by atoms with Gasteiger partial charge in [0.1, 0.15) is 17.1 Å². The molecule has 0 aromatic carbocycles. The standard InChI is InChI=1S/C25H18F2N8O2S/c1-28-21-10-18(34-35(21)2)17-8-14(15-9-19(23(26)27)30-12-20(15)37-3)16(11-29-17)24(36)31-25-33-32-22(38-25)7-6-13-4-5-13/h8-13,23H,4-5H2,2-3H3,(H,31,33,36). The van der Waals surface area contributed by atoms with Crippen LogP contribution in [0.1, 0.15) is 40.3 Å². The molecule has 1 aliphatic rings. The summed E-state index contributed by atoms with van der Waals surface area (Å²) in [5.74, 6) is 6.31. The Bertz CT molecular complexity index is 1640. The SMILES string of the molecule is [C-]#[N+]c1cc(-c2cc(-c3cc(C(F)F)ncc3OC)c(C(=O)Nc3nnc(C#CC4CC4)s3)cn2)nn1C. The van der Waals surface area contributed by atoms with Gasteiger partial charge in [-0.15, -0.1) is 10.2 Å². The van der Waals surface area contributed by atoms with Gasteiger partial charge in [0.05, 0.1) is 31.6 Å². The third-order valence-electron chi connectivity index (χ3n) is 5.61. The fourth-order valence-corrected chi connectivity index (χ4v) is 4.12. The number of anilines is 1. The molecule has 1 saturated carbocycles. The van der Waals surface area contributed by atoms with Gasteiger partial charge in [0, 0.05) is 23.2 Å². The second-order valence-electron chi connectivity index (χ2n) is 8.26. The number of aromatic nitrogens is 6. The van der Waals surface area contributed by atoms with Crippen molar-refractivity contribution in [2.75, 3.05) is 12.4 Å². The van der Waals surface area contributed by atoms with Crippen molar-refractivity contribution < 1.29 is 18.3 Å². The number of carbonyl (C=O) groups excluding carboxylic acids is 1. The molecule has 0 spiro atoms. The highest BCUT2D eigenvalue weighted by molar-refractivity contribution is 7.15. The van der Waals surface area contributed by atoms with Crippen LogP contribution >= 0.6 is 11.3 Å². The van der Waals surface area contributed by atoms with Crippen molar-refractivity contribution in [3.63, 3.8) is 0 Å². The topological polar surface area (TPSA) is 112 Å². The Balaban J connectivity index is 1.57. The van der Waals surface area contributed by atoms with Crippen molar-refractivity contribution >= 4 is 28.2 Å². The molecule has 1 N–H and O–H groups in total. The Labute approximate surface area is 219 Å². The highest BCUT2D eigenvalue weighted by Gasteiger charge is 2.23. The van der Waals surface area contributed by atoms with Gasteiger partial charge >= 0.3 is 0 Å². The van der Waals surface area contributed by atoms with E-state index in [1.54, 1.807) is 13.1 Å². The number of rotatable bonds is 6. The molecule has 1 aliphatic carbocycles. The van der Waals surface area contributed by atoms with E-state index in [2.05, 4.69) is 47.3 Å². The highest BCUT2D eigenvalue weighted by atomic mass is 32.1. The Morgan fingerprint density at radius 3 is 2.71 bits per heavy atom. The van der Waals surface area contributed by atoms with Crippen LogP contribution in [0, 0.1) is 24.3 Å². The van der Waals surface area contributed by atoms with Crippen LogP contribution in [0.15, 0.2) is 30.6 Å². The maximum absolute atomic E-state index is 13.5. The number of hydrogen-bond acceptors (Lipinski definition) is 8. The monoisotopic (exact) mass is 532 g/mol. The molecule has 1 amide bonds. The summed E-state index contributed by atoms with van der Waals surface area (Å²) in [6, 6.07) is 4.24. The van der Waals surface area contributed by atoms with Gasteiger partial charge in [-0.25, -0.2) is 13.5 Å². The predicted octanol–water partition coefficient (Wildman–Crippen LogP) is 4.91. The fraction of sp³-hybridized carbons (Fsp3) is 0.240. The lowest BCUT2D eigenvalue weighted by Gasteiger charge is -2.14. The third-order valence-corrected chi connectivity index (χ3v) is 6.36. The number of alkyl halides is 2. The van der Waals surface area contributed by atoms with Crippen LogP contribution in [0.4, 0.5) is 19.7 Å². The van der Waals surface area contributed by atoms with Gasteiger partial charge in [-0.2, -0.15) is 0 Å². The van der Waals surface area contributed by atoms with Gasteiger partial charge in [-0.3, -0.25) is 20.1 Å². The van der Waals surface area contributed by atoms with Crippen molar-refractivity contribution in [3.8, 4) is 40.1 Å². The number of carbonyl (C=O) groups is 1. The number of methoxy groups -OCH3 is 1. The first-order chi connectivity index (χ1) is 18.4. The summed E-state index contributed by atoms with van der Waals surface area (Å²) in [5, 5.41) is 15.7. The van der Waals surface area contributed by atoms with E-state index in [0.717, 1.165) is 24.2 Å². The van der Waals surface area contributed by atoms with E-state index in [9.17, 15) is 13.6 Å². The fourth-order valence-electron chi connectivity index (χ4n) is 3.52. The molecule has 0 saturated heterocycles. The zero-order valence-electron chi connectivity index (χ0n) is 20.1.